The standard InChI is InChI=1S/C12H27N3O/c1-14-6-8-15(9-7-14)10-12-16-11-4-2-3-5-13/h2-13H2,1H3. The average Bonchev–Trinajstić information content (AvgIpc) is 2.30. The number of hydrogen-bond donors (Lipinski definition) is 1. The smallest absolute Gasteiger partial charge is 0.0593 e. The molecule has 1 heterocycles. The van der Waals surface area contributed by atoms with Crippen molar-refractivity contribution in [1.82, 2.24) is 9.80 Å². The van der Waals surface area contributed by atoms with Crippen LogP contribution in [-0.2, 0) is 4.74 Å². The summed E-state index contributed by atoms with van der Waals surface area (Å²) in [6.07, 6.45) is 3.48. The maximum absolute atomic E-state index is 5.61. The average molecular weight is 229 g/mol. The molecule has 1 rings (SSSR count). The zero-order valence-corrected chi connectivity index (χ0v) is 10.7. The molecule has 1 fully saturated rings. The Labute approximate surface area is 99.7 Å². The Morgan fingerprint density at radius 2 is 1.75 bits per heavy atom. The first-order valence-corrected chi connectivity index (χ1v) is 6.51. The molecule has 0 aromatic carbocycles. The number of likely N-dealkylation sites (N-methyl/N-ethyl adjacent to an activating group) is 1. The lowest BCUT2D eigenvalue weighted by Crippen LogP contribution is -2.45. The summed E-state index contributed by atoms with van der Waals surface area (Å²) in [7, 11) is 2.19. The lowest BCUT2D eigenvalue weighted by Gasteiger charge is -2.32. The Balaban J connectivity index is 1.84. The Bertz CT molecular complexity index is 158. The second kappa shape index (κ2) is 8.93. The summed E-state index contributed by atoms with van der Waals surface area (Å²) < 4.78 is 5.61. The van der Waals surface area contributed by atoms with E-state index >= 15 is 0 Å². The first kappa shape index (κ1) is 13.9. The van der Waals surface area contributed by atoms with Crippen LogP contribution >= 0.6 is 0 Å². The highest BCUT2D eigenvalue weighted by Gasteiger charge is 2.12. The maximum atomic E-state index is 5.61. The largest absolute Gasteiger partial charge is 0.380 e. The molecule has 0 aromatic heterocycles. The molecule has 0 aliphatic carbocycles. The van der Waals surface area contributed by atoms with Crippen LogP contribution in [-0.4, -0.2) is 69.3 Å². The molecule has 0 bridgehead atoms. The first-order chi connectivity index (χ1) is 7.83. The Morgan fingerprint density at radius 1 is 1.00 bits per heavy atom. The fourth-order valence-corrected chi connectivity index (χ4v) is 1.89. The highest BCUT2D eigenvalue weighted by atomic mass is 16.5. The van der Waals surface area contributed by atoms with E-state index in [-0.39, 0.29) is 0 Å². The SMILES string of the molecule is CN1CCN(CCOCCCCCN)CC1. The summed E-state index contributed by atoms with van der Waals surface area (Å²) in [5, 5.41) is 0. The zero-order chi connectivity index (χ0) is 11.6. The summed E-state index contributed by atoms with van der Waals surface area (Å²) in [6.45, 7) is 8.43. The molecule has 0 amide bonds. The first-order valence-electron chi connectivity index (χ1n) is 6.51. The van der Waals surface area contributed by atoms with Crippen LogP contribution < -0.4 is 5.73 Å². The van der Waals surface area contributed by atoms with Crippen LogP contribution in [0, 0.1) is 0 Å². The Hall–Kier alpha value is -0.160. The van der Waals surface area contributed by atoms with Gasteiger partial charge >= 0.3 is 0 Å². The Kier molecular flexibility index (Phi) is 7.76. The van der Waals surface area contributed by atoms with E-state index in [0.29, 0.717) is 0 Å². The highest BCUT2D eigenvalue weighted by molar-refractivity contribution is 4.68. The van der Waals surface area contributed by atoms with E-state index in [1.165, 1.54) is 32.6 Å². The van der Waals surface area contributed by atoms with Gasteiger partial charge in [0.2, 0.25) is 0 Å². The van der Waals surface area contributed by atoms with Gasteiger partial charge < -0.3 is 15.4 Å². The monoisotopic (exact) mass is 229 g/mol. The number of unbranched alkanes of at least 4 members (excludes halogenated alkanes) is 2. The summed E-state index contributed by atoms with van der Waals surface area (Å²) >= 11 is 0. The van der Waals surface area contributed by atoms with Crippen molar-refractivity contribution in [3.05, 3.63) is 0 Å². The van der Waals surface area contributed by atoms with Gasteiger partial charge in [0.05, 0.1) is 6.61 Å². The quantitative estimate of drug-likeness (QED) is 0.611. The second-order valence-electron chi connectivity index (χ2n) is 4.61. The molecule has 96 valence electrons. The van der Waals surface area contributed by atoms with Crippen molar-refractivity contribution in [3.8, 4) is 0 Å². The van der Waals surface area contributed by atoms with Gasteiger partial charge in [-0.15, -0.1) is 0 Å². The molecule has 4 heteroatoms. The van der Waals surface area contributed by atoms with Gasteiger partial charge in [-0.1, -0.05) is 0 Å². The van der Waals surface area contributed by atoms with Crippen molar-refractivity contribution in [3.63, 3.8) is 0 Å². The minimum Gasteiger partial charge on any atom is -0.380 e. The number of piperazine rings is 1. The van der Waals surface area contributed by atoms with E-state index in [4.69, 9.17) is 10.5 Å². The van der Waals surface area contributed by atoms with Crippen molar-refractivity contribution < 1.29 is 4.74 Å². The van der Waals surface area contributed by atoms with Crippen LogP contribution in [0.15, 0.2) is 0 Å². The van der Waals surface area contributed by atoms with Gasteiger partial charge in [-0.05, 0) is 32.9 Å². The molecule has 0 atom stereocenters. The normalized spacial score (nSPS) is 19.1. The lowest BCUT2D eigenvalue weighted by molar-refractivity contribution is 0.0801. The van der Waals surface area contributed by atoms with Crippen LogP contribution in [0.4, 0.5) is 0 Å². The predicted molar refractivity (Wildman–Crippen MR) is 67.7 cm³/mol. The van der Waals surface area contributed by atoms with Crippen molar-refractivity contribution >= 4 is 0 Å². The van der Waals surface area contributed by atoms with Gasteiger partial charge in [0.15, 0.2) is 0 Å². The van der Waals surface area contributed by atoms with Gasteiger partial charge in [0.25, 0.3) is 0 Å². The van der Waals surface area contributed by atoms with E-state index in [0.717, 1.165) is 39.1 Å². The van der Waals surface area contributed by atoms with Crippen LogP contribution in [0.1, 0.15) is 19.3 Å². The predicted octanol–water partition coefficient (Wildman–Crippen LogP) is 0.379. The second-order valence-corrected chi connectivity index (χ2v) is 4.61. The van der Waals surface area contributed by atoms with Crippen LogP contribution in [0.3, 0.4) is 0 Å². The summed E-state index contributed by atoms with van der Waals surface area (Å²) in [5.41, 5.74) is 5.43. The molecule has 0 radical (unpaired) electrons. The minimum absolute atomic E-state index is 0.807. The van der Waals surface area contributed by atoms with Crippen LogP contribution in [0.2, 0.25) is 0 Å². The van der Waals surface area contributed by atoms with E-state index in [9.17, 15) is 0 Å². The van der Waals surface area contributed by atoms with Crippen molar-refractivity contribution in [2.24, 2.45) is 5.73 Å². The summed E-state index contributed by atoms with van der Waals surface area (Å²) in [5.74, 6) is 0. The number of nitrogens with zero attached hydrogens (tertiary/aromatic N) is 2. The molecular weight excluding hydrogens is 202 g/mol. The summed E-state index contributed by atoms with van der Waals surface area (Å²) in [4.78, 5) is 4.87. The molecule has 1 aliphatic rings. The van der Waals surface area contributed by atoms with Crippen molar-refractivity contribution in [2.45, 2.75) is 19.3 Å². The lowest BCUT2D eigenvalue weighted by atomic mass is 10.2. The number of hydrogen-bond acceptors (Lipinski definition) is 4. The van der Waals surface area contributed by atoms with Crippen molar-refractivity contribution in [2.75, 3.05) is 59.5 Å². The van der Waals surface area contributed by atoms with E-state index in [1.54, 1.807) is 0 Å². The molecule has 16 heavy (non-hydrogen) atoms. The van der Waals surface area contributed by atoms with Gasteiger partial charge in [0.1, 0.15) is 0 Å². The van der Waals surface area contributed by atoms with E-state index < -0.39 is 0 Å². The van der Waals surface area contributed by atoms with Gasteiger partial charge in [-0.3, -0.25) is 4.90 Å². The fourth-order valence-electron chi connectivity index (χ4n) is 1.89. The van der Waals surface area contributed by atoms with Gasteiger partial charge in [-0.2, -0.15) is 0 Å². The van der Waals surface area contributed by atoms with Crippen LogP contribution in [0.5, 0.6) is 0 Å². The van der Waals surface area contributed by atoms with Gasteiger partial charge in [0, 0.05) is 39.3 Å². The van der Waals surface area contributed by atoms with E-state index in [2.05, 4.69) is 16.8 Å². The minimum atomic E-state index is 0.807. The molecule has 0 aromatic rings. The number of rotatable bonds is 8. The third-order valence-electron chi connectivity index (χ3n) is 3.14. The molecule has 4 nitrogen and oxygen atoms in total. The maximum Gasteiger partial charge on any atom is 0.0593 e. The Morgan fingerprint density at radius 3 is 2.44 bits per heavy atom. The molecular formula is C12H27N3O. The molecule has 2 N–H and O–H groups in total. The summed E-state index contributed by atoms with van der Waals surface area (Å²) in [6, 6.07) is 0. The van der Waals surface area contributed by atoms with Gasteiger partial charge in [-0.25, -0.2) is 0 Å². The topological polar surface area (TPSA) is 41.7 Å². The third-order valence-corrected chi connectivity index (χ3v) is 3.14. The number of nitrogens with two attached hydrogens (primary N) is 1. The zero-order valence-electron chi connectivity index (χ0n) is 10.7. The third kappa shape index (κ3) is 6.43. The highest BCUT2D eigenvalue weighted by Crippen LogP contribution is 1.99. The molecule has 1 saturated heterocycles. The van der Waals surface area contributed by atoms with Crippen LogP contribution in [0.25, 0.3) is 0 Å². The van der Waals surface area contributed by atoms with Crippen molar-refractivity contribution in [1.29, 1.82) is 0 Å². The molecule has 0 saturated carbocycles. The molecule has 0 spiro atoms. The fraction of sp³-hybridized carbons (Fsp3) is 1.00. The molecule has 0 unspecified atom stereocenters. The molecule has 1 aliphatic heterocycles. The number of ether oxygens (including phenoxy) is 1. The van der Waals surface area contributed by atoms with E-state index in [1.807, 2.05) is 0 Å².